The summed E-state index contributed by atoms with van der Waals surface area (Å²) in [5.41, 5.74) is 0. The van der Waals surface area contributed by atoms with Crippen LogP contribution in [0.25, 0.3) is 0 Å². The molecule has 0 bridgehead atoms. The predicted molar refractivity (Wildman–Crippen MR) is 61.1 cm³/mol. The van der Waals surface area contributed by atoms with Crippen molar-refractivity contribution >= 4 is 5.96 Å². The molecular weight excluding hydrogens is 190 g/mol. The van der Waals surface area contributed by atoms with Crippen molar-refractivity contribution < 1.29 is 4.74 Å². The number of hydrogen-bond acceptors (Lipinski definition) is 4. The molecule has 1 unspecified atom stereocenters. The van der Waals surface area contributed by atoms with Crippen molar-refractivity contribution in [3.63, 3.8) is 0 Å². The highest BCUT2D eigenvalue weighted by Crippen LogP contribution is 2.20. The monoisotopic (exact) mass is 211 g/mol. The fraction of sp³-hybridized carbons (Fsp3) is 0.909. The van der Waals surface area contributed by atoms with Gasteiger partial charge < -0.3 is 15.4 Å². The summed E-state index contributed by atoms with van der Waals surface area (Å²) >= 11 is 0. The summed E-state index contributed by atoms with van der Waals surface area (Å²) in [7, 11) is 0. The van der Waals surface area contributed by atoms with Crippen molar-refractivity contribution in [1.29, 1.82) is 0 Å². The first kappa shape index (κ1) is 10.7. The largest absolute Gasteiger partial charge is 0.376 e. The summed E-state index contributed by atoms with van der Waals surface area (Å²) < 4.78 is 5.74. The molecular formula is C11H21N3O. The molecule has 0 spiro atoms. The molecule has 1 aliphatic heterocycles. The maximum Gasteiger partial charge on any atom is 0.191 e. The summed E-state index contributed by atoms with van der Waals surface area (Å²) in [5.74, 6) is 0.928. The number of rotatable bonds is 4. The topological polar surface area (TPSA) is 45.7 Å². The second-order valence-electron chi connectivity index (χ2n) is 4.44. The van der Waals surface area contributed by atoms with Crippen molar-refractivity contribution in [3.05, 3.63) is 0 Å². The van der Waals surface area contributed by atoms with E-state index in [4.69, 9.17) is 4.74 Å². The van der Waals surface area contributed by atoms with Gasteiger partial charge in [-0.2, -0.15) is 0 Å². The Hall–Kier alpha value is -0.770. The smallest absolute Gasteiger partial charge is 0.191 e. The molecule has 1 saturated carbocycles. The third kappa shape index (κ3) is 3.38. The van der Waals surface area contributed by atoms with Gasteiger partial charge in [0.05, 0.1) is 19.3 Å². The average Bonchev–Trinajstić information content (AvgIpc) is 2.84. The molecule has 2 aliphatic rings. The molecule has 0 radical (unpaired) electrons. The summed E-state index contributed by atoms with van der Waals surface area (Å²) in [5, 5.41) is 6.52. The van der Waals surface area contributed by atoms with Gasteiger partial charge >= 0.3 is 0 Å². The van der Waals surface area contributed by atoms with Crippen molar-refractivity contribution in [1.82, 2.24) is 10.6 Å². The molecule has 1 atom stereocenters. The zero-order valence-electron chi connectivity index (χ0n) is 9.46. The van der Waals surface area contributed by atoms with Crippen LogP contribution < -0.4 is 10.6 Å². The molecule has 15 heavy (non-hydrogen) atoms. The maximum absolute atomic E-state index is 5.74. The molecule has 1 heterocycles. The highest BCUT2D eigenvalue weighted by Gasteiger charge is 2.15. The molecule has 0 saturated heterocycles. The normalized spacial score (nSPS) is 26.5. The summed E-state index contributed by atoms with van der Waals surface area (Å²) in [6.07, 6.45) is 5.68. The lowest BCUT2D eigenvalue weighted by molar-refractivity contribution is 0.0622. The van der Waals surface area contributed by atoms with E-state index < -0.39 is 0 Å². The van der Waals surface area contributed by atoms with Crippen molar-refractivity contribution in [2.24, 2.45) is 4.99 Å². The number of nitrogens with zero attached hydrogens (tertiary/aromatic N) is 1. The molecule has 4 nitrogen and oxygen atoms in total. The van der Waals surface area contributed by atoms with Crippen LogP contribution in [0.1, 0.15) is 32.6 Å². The molecule has 0 aromatic carbocycles. The van der Waals surface area contributed by atoms with E-state index in [1.54, 1.807) is 0 Å². The first-order valence-electron chi connectivity index (χ1n) is 6.01. The number of ether oxygens (including phenoxy) is 1. The van der Waals surface area contributed by atoms with Crippen LogP contribution in [0.4, 0.5) is 0 Å². The van der Waals surface area contributed by atoms with Gasteiger partial charge in [-0.15, -0.1) is 0 Å². The van der Waals surface area contributed by atoms with Gasteiger partial charge in [0.15, 0.2) is 5.96 Å². The van der Waals surface area contributed by atoms with Crippen molar-refractivity contribution in [2.75, 3.05) is 19.7 Å². The Morgan fingerprint density at radius 2 is 2.27 bits per heavy atom. The third-order valence-corrected chi connectivity index (χ3v) is 2.96. The molecule has 1 aliphatic carbocycles. The van der Waals surface area contributed by atoms with Gasteiger partial charge in [-0.25, -0.2) is 0 Å². The maximum atomic E-state index is 5.74. The fourth-order valence-corrected chi connectivity index (χ4v) is 2.11. The van der Waals surface area contributed by atoms with Gasteiger partial charge in [-0.3, -0.25) is 4.99 Å². The summed E-state index contributed by atoms with van der Waals surface area (Å²) in [4.78, 5) is 4.32. The summed E-state index contributed by atoms with van der Waals surface area (Å²) in [6, 6.07) is 0.475. The van der Waals surface area contributed by atoms with E-state index >= 15 is 0 Å². The predicted octanol–water partition coefficient (Wildman–Crippen LogP) is 0.883. The van der Waals surface area contributed by atoms with Crippen LogP contribution in [0.5, 0.6) is 0 Å². The van der Waals surface area contributed by atoms with Crippen LogP contribution in [0.2, 0.25) is 0 Å². The SMILES string of the molecule is CC1CN=C(NCCOC2CCCC2)N1. The van der Waals surface area contributed by atoms with E-state index in [2.05, 4.69) is 22.5 Å². The lowest BCUT2D eigenvalue weighted by Crippen LogP contribution is -2.39. The standard InChI is InChI=1S/C11H21N3O/c1-9-8-13-11(14-9)12-6-7-15-10-4-2-3-5-10/h9-10H,2-8H2,1H3,(H2,12,13,14). The Balaban J connectivity index is 1.51. The van der Waals surface area contributed by atoms with Crippen molar-refractivity contribution in [2.45, 2.75) is 44.8 Å². The Bertz CT molecular complexity index is 224. The molecule has 2 N–H and O–H groups in total. The van der Waals surface area contributed by atoms with Crippen LogP contribution in [-0.4, -0.2) is 37.8 Å². The number of nitrogens with one attached hydrogen (secondary N) is 2. The molecule has 0 aromatic rings. The molecule has 2 rings (SSSR count). The van der Waals surface area contributed by atoms with Gasteiger partial charge in [-0.05, 0) is 19.8 Å². The Labute approximate surface area is 91.5 Å². The lowest BCUT2D eigenvalue weighted by Gasteiger charge is -2.12. The van der Waals surface area contributed by atoms with E-state index in [9.17, 15) is 0 Å². The van der Waals surface area contributed by atoms with Crippen LogP contribution in [0.3, 0.4) is 0 Å². The van der Waals surface area contributed by atoms with E-state index in [-0.39, 0.29) is 0 Å². The van der Waals surface area contributed by atoms with Crippen molar-refractivity contribution in [3.8, 4) is 0 Å². The summed E-state index contributed by atoms with van der Waals surface area (Å²) in [6.45, 7) is 4.66. The molecule has 0 amide bonds. The van der Waals surface area contributed by atoms with Crippen LogP contribution in [-0.2, 0) is 4.74 Å². The molecule has 4 heteroatoms. The van der Waals surface area contributed by atoms with E-state index in [1.807, 2.05) is 0 Å². The van der Waals surface area contributed by atoms with Gasteiger partial charge in [0.2, 0.25) is 0 Å². The Morgan fingerprint density at radius 3 is 2.93 bits per heavy atom. The first-order valence-corrected chi connectivity index (χ1v) is 6.01. The zero-order chi connectivity index (χ0) is 10.5. The lowest BCUT2D eigenvalue weighted by atomic mass is 10.3. The Morgan fingerprint density at radius 1 is 1.47 bits per heavy atom. The number of hydrogen-bond donors (Lipinski definition) is 2. The second-order valence-corrected chi connectivity index (χ2v) is 4.44. The minimum absolute atomic E-state index is 0.475. The van der Waals surface area contributed by atoms with Gasteiger partial charge in [0.1, 0.15) is 0 Å². The highest BCUT2D eigenvalue weighted by atomic mass is 16.5. The minimum Gasteiger partial charge on any atom is -0.376 e. The quantitative estimate of drug-likeness (QED) is 0.679. The zero-order valence-corrected chi connectivity index (χ0v) is 9.46. The van der Waals surface area contributed by atoms with E-state index in [0.717, 1.165) is 25.7 Å². The van der Waals surface area contributed by atoms with Crippen LogP contribution in [0.15, 0.2) is 4.99 Å². The van der Waals surface area contributed by atoms with E-state index in [0.29, 0.717) is 12.1 Å². The van der Waals surface area contributed by atoms with Gasteiger partial charge in [0, 0.05) is 12.6 Å². The van der Waals surface area contributed by atoms with E-state index in [1.165, 1.54) is 25.7 Å². The minimum atomic E-state index is 0.475. The van der Waals surface area contributed by atoms with Gasteiger partial charge in [0.25, 0.3) is 0 Å². The number of guanidine groups is 1. The van der Waals surface area contributed by atoms with Crippen LogP contribution in [0, 0.1) is 0 Å². The fourth-order valence-electron chi connectivity index (χ4n) is 2.11. The molecule has 0 aromatic heterocycles. The van der Waals surface area contributed by atoms with Gasteiger partial charge in [-0.1, -0.05) is 12.8 Å². The Kier molecular flexibility index (Phi) is 3.83. The first-order chi connectivity index (χ1) is 7.34. The second kappa shape index (κ2) is 5.35. The number of aliphatic imine (C=N–C) groups is 1. The third-order valence-electron chi connectivity index (χ3n) is 2.96. The molecule has 1 fully saturated rings. The average molecular weight is 211 g/mol. The molecule has 86 valence electrons. The highest BCUT2D eigenvalue weighted by molar-refractivity contribution is 5.81. The van der Waals surface area contributed by atoms with Crippen LogP contribution >= 0.6 is 0 Å².